The number of aliphatic carboxylic acids is 1. The number of aromatic hydroxyl groups is 1. The molecule has 1 amide bonds. The number of hydrogen-bond acceptors (Lipinski definition) is 6. The predicted octanol–water partition coefficient (Wildman–Crippen LogP) is 4.51. The zero-order chi connectivity index (χ0) is 26.1. The van der Waals surface area contributed by atoms with Crippen molar-refractivity contribution in [2.24, 2.45) is 0 Å². The molecule has 0 aliphatic carbocycles. The first kappa shape index (κ1) is 25.5. The number of phenolic OH excluding ortho intramolecular Hbond substituents is 1. The zero-order valence-electron chi connectivity index (χ0n) is 18.9. The van der Waals surface area contributed by atoms with Gasteiger partial charge >= 0.3 is 12.1 Å². The van der Waals surface area contributed by atoms with Crippen LogP contribution in [0.1, 0.15) is 29.6 Å². The van der Waals surface area contributed by atoms with E-state index in [4.69, 9.17) is 21.5 Å². The smallest absolute Gasteiger partial charge is 0.490 e. The monoisotopic (exact) mass is 522 g/mol. The number of piperidine rings is 1. The van der Waals surface area contributed by atoms with Crippen LogP contribution < -0.4 is 4.90 Å². The van der Waals surface area contributed by atoms with Crippen molar-refractivity contribution < 1.29 is 33.0 Å². The van der Waals surface area contributed by atoms with E-state index in [2.05, 4.69) is 27.0 Å². The van der Waals surface area contributed by atoms with Gasteiger partial charge in [0.1, 0.15) is 5.75 Å². The molecule has 190 valence electrons. The third-order valence-corrected chi connectivity index (χ3v) is 6.65. The summed E-state index contributed by atoms with van der Waals surface area (Å²) in [4.78, 5) is 35.0. The van der Waals surface area contributed by atoms with E-state index in [1.165, 1.54) is 6.07 Å². The Kier molecular flexibility index (Phi) is 6.94. The van der Waals surface area contributed by atoms with Crippen molar-refractivity contribution in [1.82, 2.24) is 14.9 Å². The van der Waals surface area contributed by atoms with E-state index in [0.717, 1.165) is 42.5 Å². The molecule has 1 unspecified atom stereocenters. The fourth-order valence-corrected chi connectivity index (χ4v) is 4.79. The number of carbonyl (C=O) groups excluding carboxylic acids is 1. The SMILES string of the molecule is O=C(O)C(F)(F)F.O=C(c1ccc(Cl)cc1O)N1CCCC2(CCN2c2ccc3nccnc3c2)C1. The first-order valence-corrected chi connectivity index (χ1v) is 11.4. The van der Waals surface area contributed by atoms with Crippen LogP contribution in [0, 0.1) is 0 Å². The summed E-state index contributed by atoms with van der Waals surface area (Å²) in [7, 11) is 0. The number of nitrogens with zero attached hydrogens (tertiary/aromatic N) is 4. The third-order valence-electron chi connectivity index (χ3n) is 6.41. The molecule has 1 aromatic heterocycles. The number of carboxylic acid groups (broad SMARTS) is 1. The second-order valence-corrected chi connectivity index (χ2v) is 9.09. The topological polar surface area (TPSA) is 107 Å². The maximum atomic E-state index is 13.1. The van der Waals surface area contributed by atoms with E-state index in [1.807, 2.05) is 11.0 Å². The van der Waals surface area contributed by atoms with E-state index in [-0.39, 0.29) is 17.2 Å². The molecule has 2 aromatic carbocycles. The molecule has 2 N–H and O–H groups in total. The highest BCUT2D eigenvalue weighted by molar-refractivity contribution is 6.30. The van der Waals surface area contributed by atoms with Crippen molar-refractivity contribution in [3.8, 4) is 5.75 Å². The molecule has 0 saturated carbocycles. The van der Waals surface area contributed by atoms with E-state index < -0.39 is 12.1 Å². The van der Waals surface area contributed by atoms with Crippen molar-refractivity contribution in [1.29, 1.82) is 0 Å². The Bertz CT molecular complexity index is 1310. The molecule has 36 heavy (non-hydrogen) atoms. The second-order valence-electron chi connectivity index (χ2n) is 8.65. The molecule has 2 aliphatic rings. The van der Waals surface area contributed by atoms with Crippen LogP contribution in [0.25, 0.3) is 11.0 Å². The Labute approximate surface area is 208 Å². The number of rotatable bonds is 2. The van der Waals surface area contributed by atoms with E-state index in [9.17, 15) is 23.1 Å². The van der Waals surface area contributed by atoms with Crippen LogP contribution in [0.2, 0.25) is 5.02 Å². The fourth-order valence-electron chi connectivity index (χ4n) is 4.63. The first-order valence-electron chi connectivity index (χ1n) is 11.1. The van der Waals surface area contributed by atoms with Crippen molar-refractivity contribution in [2.75, 3.05) is 24.5 Å². The fraction of sp³-hybridized carbons (Fsp3) is 0.333. The van der Waals surface area contributed by atoms with Crippen LogP contribution >= 0.6 is 11.6 Å². The van der Waals surface area contributed by atoms with Gasteiger partial charge in [0.05, 0.1) is 22.1 Å². The van der Waals surface area contributed by atoms with Gasteiger partial charge in [-0.15, -0.1) is 0 Å². The van der Waals surface area contributed by atoms with Crippen molar-refractivity contribution in [3.05, 3.63) is 59.4 Å². The number of benzene rings is 2. The minimum Gasteiger partial charge on any atom is -0.507 e. The van der Waals surface area contributed by atoms with E-state index in [1.54, 1.807) is 24.5 Å². The molecule has 2 aliphatic heterocycles. The molecule has 5 rings (SSSR count). The average Bonchev–Trinajstić information content (AvgIpc) is 2.83. The standard InChI is InChI=1S/C22H21ClN4O2.C2HF3O2/c23-15-2-4-17(20(28)12-15)21(29)26-10-1-6-22(14-26)7-11-27(22)16-3-5-18-19(13-16)25-9-8-24-18;3-2(4,5)1(6)7/h2-5,8-9,12-13,28H,1,6-7,10-11,14H2;(H,6,7). The van der Waals surface area contributed by atoms with Gasteiger partial charge < -0.3 is 20.0 Å². The van der Waals surface area contributed by atoms with Gasteiger partial charge in [0, 0.05) is 42.7 Å². The minimum absolute atomic E-state index is 0.0637. The van der Waals surface area contributed by atoms with Crippen molar-refractivity contribution >= 4 is 40.2 Å². The van der Waals surface area contributed by atoms with Crippen molar-refractivity contribution in [2.45, 2.75) is 31.0 Å². The first-order chi connectivity index (χ1) is 17.0. The highest BCUT2D eigenvalue weighted by Crippen LogP contribution is 2.43. The Morgan fingerprint density at radius 3 is 2.31 bits per heavy atom. The molecule has 1 spiro atoms. The van der Waals surface area contributed by atoms with E-state index in [0.29, 0.717) is 23.7 Å². The predicted molar refractivity (Wildman–Crippen MR) is 126 cm³/mol. The number of anilines is 1. The lowest BCUT2D eigenvalue weighted by Crippen LogP contribution is -2.67. The summed E-state index contributed by atoms with van der Waals surface area (Å²) in [5.41, 5.74) is 3.11. The minimum atomic E-state index is -5.08. The number of likely N-dealkylation sites (tertiary alicyclic amines) is 1. The van der Waals surface area contributed by atoms with Crippen molar-refractivity contribution in [3.63, 3.8) is 0 Å². The number of phenols is 1. The van der Waals surface area contributed by atoms with Crippen LogP contribution in [0.3, 0.4) is 0 Å². The number of carboxylic acids is 1. The Morgan fingerprint density at radius 2 is 1.69 bits per heavy atom. The molecule has 3 heterocycles. The molecule has 0 radical (unpaired) electrons. The van der Waals surface area contributed by atoms with Gasteiger partial charge in [0.15, 0.2) is 0 Å². The lowest BCUT2D eigenvalue weighted by atomic mass is 9.77. The van der Waals surface area contributed by atoms with Crippen LogP contribution in [0.4, 0.5) is 18.9 Å². The molecule has 1 atom stereocenters. The number of aromatic nitrogens is 2. The zero-order valence-corrected chi connectivity index (χ0v) is 19.6. The summed E-state index contributed by atoms with van der Waals surface area (Å²) in [6, 6.07) is 10.8. The molecular formula is C24H22ClF3N4O4. The third kappa shape index (κ3) is 5.15. The summed E-state index contributed by atoms with van der Waals surface area (Å²) in [6.45, 7) is 2.30. The lowest BCUT2D eigenvalue weighted by molar-refractivity contribution is -0.192. The van der Waals surface area contributed by atoms with Gasteiger partial charge in [-0.3, -0.25) is 14.8 Å². The average molecular weight is 523 g/mol. The number of hydrogen-bond donors (Lipinski definition) is 2. The molecular weight excluding hydrogens is 501 g/mol. The number of amides is 1. The number of fused-ring (bicyclic) bond motifs is 1. The maximum Gasteiger partial charge on any atom is 0.490 e. The molecule has 12 heteroatoms. The molecule has 3 aromatic rings. The highest BCUT2D eigenvalue weighted by Gasteiger charge is 2.48. The Hall–Kier alpha value is -3.60. The number of halogens is 4. The lowest BCUT2D eigenvalue weighted by Gasteiger charge is -2.58. The largest absolute Gasteiger partial charge is 0.507 e. The molecule has 2 saturated heterocycles. The van der Waals surface area contributed by atoms with Crippen LogP contribution in [-0.4, -0.2) is 68.3 Å². The summed E-state index contributed by atoms with van der Waals surface area (Å²) in [6.07, 6.45) is 1.34. The van der Waals surface area contributed by atoms with Gasteiger partial charge in [-0.2, -0.15) is 13.2 Å². The van der Waals surface area contributed by atoms with Gasteiger partial charge in [-0.05, 0) is 55.7 Å². The molecule has 2 fully saturated rings. The van der Waals surface area contributed by atoms with Gasteiger partial charge in [-0.1, -0.05) is 11.6 Å². The van der Waals surface area contributed by atoms with Gasteiger partial charge in [0.2, 0.25) is 0 Å². The van der Waals surface area contributed by atoms with E-state index >= 15 is 0 Å². The Balaban J connectivity index is 0.000000384. The summed E-state index contributed by atoms with van der Waals surface area (Å²) in [5.74, 6) is -2.97. The summed E-state index contributed by atoms with van der Waals surface area (Å²) < 4.78 is 31.7. The van der Waals surface area contributed by atoms with Gasteiger partial charge in [0.25, 0.3) is 5.91 Å². The quantitative estimate of drug-likeness (QED) is 0.510. The summed E-state index contributed by atoms with van der Waals surface area (Å²) in [5, 5.41) is 17.7. The van der Waals surface area contributed by atoms with Crippen LogP contribution in [-0.2, 0) is 4.79 Å². The maximum absolute atomic E-state index is 13.1. The normalized spacial score (nSPS) is 19.4. The molecule has 8 nitrogen and oxygen atoms in total. The van der Waals surface area contributed by atoms with Crippen LogP contribution in [0.15, 0.2) is 48.8 Å². The van der Waals surface area contributed by atoms with Gasteiger partial charge in [-0.25, -0.2) is 4.79 Å². The number of carbonyl (C=O) groups is 2. The van der Waals surface area contributed by atoms with Crippen LogP contribution in [0.5, 0.6) is 5.75 Å². The number of alkyl halides is 3. The molecule has 0 bridgehead atoms. The Morgan fingerprint density at radius 1 is 1.00 bits per heavy atom. The highest BCUT2D eigenvalue weighted by atomic mass is 35.5. The summed E-state index contributed by atoms with van der Waals surface area (Å²) >= 11 is 5.91. The second kappa shape index (κ2) is 9.81.